The monoisotopic (exact) mass is 291 g/mol. The maximum Gasteiger partial charge on any atom is 0.268 e. The van der Waals surface area contributed by atoms with E-state index >= 15 is 0 Å². The highest BCUT2D eigenvalue weighted by Crippen LogP contribution is 2.25. The van der Waals surface area contributed by atoms with Gasteiger partial charge in [-0.25, -0.2) is 5.84 Å². The van der Waals surface area contributed by atoms with Gasteiger partial charge in [0.15, 0.2) is 0 Å². The Morgan fingerprint density at radius 3 is 2.90 bits per heavy atom. The molecule has 1 aliphatic rings. The first-order valence-corrected chi connectivity index (χ1v) is 7.65. The molecule has 21 heavy (non-hydrogen) atoms. The molecule has 1 aromatic carbocycles. The number of benzene rings is 1. The zero-order valence-corrected chi connectivity index (χ0v) is 12.8. The number of carbonyl (C=O) groups is 1. The molecule has 5 heteroatoms. The molecule has 2 unspecified atom stereocenters. The second-order valence-corrected chi connectivity index (χ2v) is 5.54. The van der Waals surface area contributed by atoms with Gasteiger partial charge in [0.2, 0.25) is 0 Å². The molecule has 0 aromatic heterocycles. The Hall–Kier alpha value is -1.59. The topological polar surface area (TPSA) is 67.6 Å². The van der Waals surface area contributed by atoms with Crippen LogP contribution in [0.4, 0.5) is 0 Å². The molecule has 116 valence electrons. The van der Waals surface area contributed by atoms with Crippen molar-refractivity contribution in [2.45, 2.75) is 45.2 Å². The molecular formula is C16H25N3O2. The summed E-state index contributed by atoms with van der Waals surface area (Å²) in [5, 5.41) is 0. The van der Waals surface area contributed by atoms with Gasteiger partial charge in [0.05, 0.1) is 5.56 Å². The van der Waals surface area contributed by atoms with E-state index in [0.717, 1.165) is 6.54 Å². The van der Waals surface area contributed by atoms with E-state index in [0.29, 0.717) is 30.0 Å². The van der Waals surface area contributed by atoms with Crippen molar-refractivity contribution < 1.29 is 9.53 Å². The van der Waals surface area contributed by atoms with Crippen LogP contribution >= 0.6 is 0 Å². The van der Waals surface area contributed by atoms with Crippen LogP contribution in [0.3, 0.4) is 0 Å². The smallest absolute Gasteiger partial charge is 0.268 e. The third-order valence-electron chi connectivity index (χ3n) is 4.29. The molecule has 0 spiro atoms. The van der Waals surface area contributed by atoms with Crippen LogP contribution < -0.4 is 16.0 Å². The van der Waals surface area contributed by atoms with Gasteiger partial charge in [-0.1, -0.05) is 19.1 Å². The standard InChI is InChI=1S/C16H25N3O2/c1-3-13-9-8-12(2)19(13)10-11-21-15-7-5-4-6-14(15)16(20)18-17/h4-7,12-13H,3,8-11,17H2,1-2H3,(H,18,20). The lowest BCUT2D eigenvalue weighted by molar-refractivity contribution is 0.0947. The van der Waals surface area contributed by atoms with Gasteiger partial charge in [-0.05, 0) is 38.3 Å². The van der Waals surface area contributed by atoms with Crippen molar-refractivity contribution in [3.8, 4) is 5.75 Å². The molecule has 2 rings (SSSR count). The minimum atomic E-state index is -0.327. The molecule has 1 aliphatic heterocycles. The number of hydrogen-bond acceptors (Lipinski definition) is 4. The Balaban J connectivity index is 1.93. The number of amides is 1. The zero-order valence-electron chi connectivity index (χ0n) is 12.8. The van der Waals surface area contributed by atoms with Crippen LogP contribution in [-0.2, 0) is 0 Å². The summed E-state index contributed by atoms with van der Waals surface area (Å²) in [6.45, 7) is 5.97. The van der Waals surface area contributed by atoms with E-state index < -0.39 is 0 Å². The minimum absolute atomic E-state index is 0.327. The lowest BCUT2D eigenvalue weighted by atomic mass is 10.1. The van der Waals surface area contributed by atoms with Gasteiger partial charge in [0.25, 0.3) is 5.91 Å². The number of para-hydroxylation sites is 1. The first kappa shape index (κ1) is 15.8. The summed E-state index contributed by atoms with van der Waals surface area (Å²) in [5.41, 5.74) is 2.62. The van der Waals surface area contributed by atoms with Crippen LogP contribution in [0.1, 0.15) is 43.5 Å². The molecule has 0 radical (unpaired) electrons. The van der Waals surface area contributed by atoms with E-state index in [1.54, 1.807) is 18.2 Å². The summed E-state index contributed by atoms with van der Waals surface area (Å²) in [4.78, 5) is 14.2. The minimum Gasteiger partial charge on any atom is -0.491 e. The van der Waals surface area contributed by atoms with Crippen molar-refractivity contribution in [2.24, 2.45) is 5.84 Å². The third-order valence-corrected chi connectivity index (χ3v) is 4.29. The average Bonchev–Trinajstić information content (AvgIpc) is 2.87. The molecule has 0 saturated carbocycles. The second kappa shape index (κ2) is 7.43. The number of hydrogen-bond donors (Lipinski definition) is 2. The van der Waals surface area contributed by atoms with Crippen LogP contribution in [-0.4, -0.2) is 36.0 Å². The third kappa shape index (κ3) is 3.74. The number of rotatable bonds is 6. The van der Waals surface area contributed by atoms with Crippen molar-refractivity contribution in [1.29, 1.82) is 0 Å². The Morgan fingerprint density at radius 1 is 1.43 bits per heavy atom. The van der Waals surface area contributed by atoms with Gasteiger partial charge >= 0.3 is 0 Å². The van der Waals surface area contributed by atoms with Crippen molar-refractivity contribution in [2.75, 3.05) is 13.2 Å². The Morgan fingerprint density at radius 2 is 2.19 bits per heavy atom. The first-order valence-electron chi connectivity index (χ1n) is 7.65. The maximum absolute atomic E-state index is 11.7. The predicted octanol–water partition coefficient (Wildman–Crippen LogP) is 1.93. The number of hydrazine groups is 1. The van der Waals surface area contributed by atoms with Crippen molar-refractivity contribution in [3.63, 3.8) is 0 Å². The van der Waals surface area contributed by atoms with Crippen LogP contribution in [0.15, 0.2) is 24.3 Å². The number of nitrogen functional groups attached to an aromatic ring is 1. The Labute approximate surface area is 126 Å². The van der Waals surface area contributed by atoms with E-state index in [-0.39, 0.29) is 5.91 Å². The summed E-state index contributed by atoms with van der Waals surface area (Å²) < 4.78 is 5.81. The fourth-order valence-corrected chi connectivity index (χ4v) is 3.09. The highest BCUT2D eigenvalue weighted by atomic mass is 16.5. The van der Waals surface area contributed by atoms with Crippen molar-refractivity contribution in [3.05, 3.63) is 29.8 Å². The number of nitrogens with one attached hydrogen (secondary N) is 1. The van der Waals surface area contributed by atoms with Gasteiger partial charge in [-0.2, -0.15) is 0 Å². The lowest BCUT2D eigenvalue weighted by Gasteiger charge is -2.27. The number of nitrogens with zero attached hydrogens (tertiary/aromatic N) is 1. The molecule has 1 saturated heterocycles. The van der Waals surface area contributed by atoms with Gasteiger partial charge < -0.3 is 4.74 Å². The number of nitrogens with two attached hydrogens (primary N) is 1. The fraction of sp³-hybridized carbons (Fsp3) is 0.562. The molecule has 2 atom stereocenters. The lowest BCUT2D eigenvalue weighted by Crippen LogP contribution is -2.37. The predicted molar refractivity (Wildman–Crippen MR) is 83.1 cm³/mol. The number of likely N-dealkylation sites (tertiary alicyclic amines) is 1. The van der Waals surface area contributed by atoms with Gasteiger partial charge in [0.1, 0.15) is 12.4 Å². The van der Waals surface area contributed by atoms with Crippen molar-refractivity contribution in [1.82, 2.24) is 10.3 Å². The normalized spacial score (nSPS) is 22.2. The Kier molecular flexibility index (Phi) is 5.59. The fourth-order valence-electron chi connectivity index (χ4n) is 3.09. The average molecular weight is 291 g/mol. The highest BCUT2D eigenvalue weighted by Gasteiger charge is 2.28. The first-order chi connectivity index (χ1) is 10.2. The molecule has 1 amide bonds. The van der Waals surface area contributed by atoms with E-state index in [9.17, 15) is 4.79 Å². The SMILES string of the molecule is CCC1CCC(C)N1CCOc1ccccc1C(=O)NN. The van der Waals surface area contributed by atoms with E-state index in [4.69, 9.17) is 10.6 Å². The van der Waals surface area contributed by atoms with E-state index in [1.165, 1.54) is 19.3 Å². The molecule has 0 aliphatic carbocycles. The van der Waals surface area contributed by atoms with Gasteiger partial charge in [0, 0.05) is 18.6 Å². The molecule has 1 fully saturated rings. The zero-order chi connectivity index (χ0) is 15.2. The molecule has 3 N–H and O–H groups in total. The molecule has 0 bridgehead atoms. The van der Waals surface area contributed by atoms with Crippen LogP contribution in [0, 0.1) is 0 Å². The summed E-state index contributed by atoms with van der Waals surface area (Å²) in [6, 6.07) is 8.44. The largest absolute Gasteiger partial charge is 0.491 e. The summed E-state index contributed by atoms with van der Waals surface area (Å²) in [7, 11) is 0. The maximum atomic E-state index is 11.7. The molecule has 5 nitrogen and oxygen atoms in total. The van der Waals surface area contributed by atoms with Crippen LogP contribution in [0.2, 0.25) is 0 Å². The van der Waals surface area contributed by atoms with Gasteiger partial charge in [-0.15, -0.1) is 0 Å². The highest BCUT2D eigenvalue weighted by molar-refractivity contribution is 5.96. The molecule has 1 aromatic rings. The summed E-state index contributed by atoms with van der Waals surface area (Å²) in [5.74, 6) is 5.45. The van der Waals surface area contributed by atoms with Gasteiger partial charge in [-0.3, -0.25) is 15.1 Å². The van der Waals surface area contributed by atoms with E-state index in [2.05, 4.69) is 24.2 Å². The van der Waals surface area contributed by atoms with E-state index in [1.807, 2.05) is 6.07 Å². The summed E-state index contributed by atoms with van der Waals surface area (Å²) >= 11 is 0. The van der Waals surface area contributed by atoms with Crippen LogP contribution in [0.25, 0.3) is 0 Å². The van der Waals surface area contributed by atoms with Crippen molar-refractivity contribution >= 4 is 5.91 Å². The number of ether oxygens (including phenoxy) is 1. The molecular weight excluding hydrogens is 266 g/mol. The molecule has 1 heterocycles. The summed E-state index contributed by atoms with van der Waals surface area (Å²) in [6.07, 6.45) is 3.70. The second-order valence-electron chi connectivity index (χ2n) is 5.54. The Bertz CT molecular complexity index is 478. The van der Waals surface area contributed by atoms with Crippen LogP contribution in [0.5, 0.6) is 5.75 Å². The quantitative estimate of drug-likeness (QED) is 0.477. The number of carbonyl (C=O) groups excluding carboxylic acids is 1.